The Balaban J connectivity index is 1.80. The molecule has 0 radical (unpaired) electrons. The number of carbonyl (C=O) groups excluding carboxylic acids is 1. The van der Waals surface area contributed by atoms with Crippen molar-refractivity contribution in [3.63, 3.8) is 0 Å². The summed E-state index contributed by atoms with van der Waals surface area (Å²) in [5, 5.41) is 6.48. The number of benzene rings is 2. The molecule has 0 bridgehead atoms. The Hall–Kier alpha value is -2.09. The van der Waals surface area contributed by atoms with Crippen molar-refractivity contribution in [1.29, 1.82) is 0 Å². The number of hydrogen-bond donors (Lipinski definition) is 3. The summed E-state index contributed by atoms with van der Waals surface area (Å²) >= 11 is 6.00. The molecule has 1 atom stereocenters. The summed E-state index contributed by atoms with van der Waals surface area (Å²) < 4.78 is 27.6. The molecule has 1 aliphatic heterocycles. The van der Waals surface area contributed by atoms with Crippen LogP contribution in [0.1, 0.15) is 23.2 Å². The lowest BCUT2D eigenvalue weighted by Crippen LogP contribution is -2.37. The van der Waals surface area contributed by atoms with Crippen molar-refractivity contribution in [3.8, 4) is 0 Å². The predicted octanol–water partition coefficient (Wildman–Crippen LogP) is 2.62. The number of carbonyl (C=O) groups is 1. The van der Waals surface area contributed by atoms with Crippen molar-refractivity contribution in [2.75, 3.05) is 17.8 Å². The first-order chi connectivity index (χ1) is 12.5. The Bertz CT molecular complexity index is 882. The molecule has 26 heavy (non-hydrogen) atoms. The highest BCUT2D eigenvalue weighted by Crippen LogP contribution is 2.24. The van der Waals surface area contributed by atoms with Crippen LogP contribution >= 0.6 is 11.6 Å². The van der Waals surface area contributed by atoms with Crippen molar-refractivity contribution in [3.05, 3.63) is 59.1 Å². The first kappa shape index (κ1) is 18.7. The second kappa shape index (κ2) is 8.07. The van der Waals surface area contributed by atoms with E-state index in [-0.39, 0.29) is 28.1 Å². The SMILES string of the molecule is O=C(NCC1CCCN1)c1ccc(Cl)cc1NS(=O)(=O)c1ccccc1. The van der Waals surface area contributed by atoms with Crippen LogP contribution < -0.4 is 15.4 Å². The van der Waals surface area contributed by atoms with E-state index in [1.165, 1.54) is 24.3 Å². The van der Waals surface area contributed by atoms with Gasteiger partial charge < -0.3 is 10.6 Å². The zero-order chi connectivity index (χ0) is 18.6. The van der Waals surface area contributed by atoms with Crippen LogP contribution in [0.3, 0.4) is 0 Å². The number of rotatable bonds is 6. The minimum absolute atomic E-state index is 0.112. The molecule has 3 rings (SSSR count). The molecule has 138 valence electrons. The van der Waals surface area contributed by atoms with Crippen LogP contribution in [0, 0.1) is 0 Å². The monoisotopic (exact) mass is 393 g/mol. The van der Waals surface area contributed by atoms with Gasteiger partial charge in [-0.3, -0.25) is 9.52 Å². The van der Waals surface area contributed by atoms with Crippen LogP contribution in [0.15, 0.2) is 53.4 Å². The number of sulfonamides is 1. The third kappa shape index (κ3) is 4.55. The second-order valence-electron chi connectivity index (χ2n) is 6.11. The predicted molar refractivity (Wildman–Crippen MR) is 102 cm³/mol. The largest absolute Gasteiger partial charge is 0.350 e. The van der Waals surface area contributed by atoms with Crippen molar-refractivity contribution >= 4 is 33.2 Å². The van der Waals surface area contributed by atoms with Gasteiger partial charge in [0.2, 0.25) is 0 Å². The summed E-state index contributed by atoms with van der Waals surface area (Å²) in [6, 6.07) is 12.7. The van der Waals surface area contributed by atoms with E-state index in [2.05, 4.69) is 15.4 Å². The van der Waals surface area contributed by atoms with E-state index < -0.39 is 10.0 Å². The molecule has 1 saturated heterocycles. The van der Waals surface area contributed by atoms with Gasteiger partial charge in [-0.25, -0.2) is 8.42 Å². The van der Waals surface area contributed by atoms with E-state index in [0.29, 0.717) is 11.6 Å². The standard InChI is InChI=1S/C18H20ClN3O3S/c19-13-8-9-16(18(23)21-12-14-5-4-10-20-14)17(11-13)22-26(24,25)15-6-2-1-3-7-15/h1-3,6-9,11,14,20,22H,4-5,10,12H2,(H,21,23). The van der Waals surface area contributed by atoms with E-state index in [0.717, 1.165) is 19.4 Å². The Morgan fingerprint density at radius 2 is 1.96 bits per heavy atom. The van der Waals surface area contributed by atoms with Gasteiger partial charge in [0, 0.05) is 17.6 Å². The minimum Gasteiger partial charge on any atom is -0.350 e. The minimum atomic E-state index is -3.82. The lowest BCUT2D eigenvalue weighted by atomic mass is 10.1. The molecule has 6 nitrogen and oxygen atoms in total. The van der Waals surface area contributed by atoms with Crippen molar-refractivity contribution in [2.45, 2.75) is 23.8 Å². The van der Waals surface area contributed by atoms with Gasteiger partial charge in [0.05, 0.1) is 16.1 Å². The molecule has 1 aliphatic rings. The van der Waals surface area contributed by atoms with Crippen LogP contribution in [0.4, 0.5) is 5.69 Å². The first-order valence-corrected chi connectivity index (χ1v) is 10.2. The average molecular weight is 394 g/mol. The number of amides is 1. The van der Waals surface area contributed by atoms with Gasteiger partial charge in [0.25, 0.3) is 15.9 Å². The van der Waals surface area contributed by atoms with E-state index >= 15 is 0 Å². The van der Waals surface area contributed by atoms with Gasteiger partial charge in [-0.1, -0.05) is 29.8 Å². The molecule has 0 spiro atoms. The summed E-state index contributed by atoms with van der Waals surface area (Å²) in [4.78, 5) is 12.7. The molecule has 2 aromatic rings. The van der Waals surface area contributed by atoms with Crippen molar-refractivity contribution in [2.24, 2.45) is 0 Å². The Morgan fingerprint density at radius 3 is 2.65 bits per heavy atom. The van der Waals surface area contributed by atoms with E-state index in [4.69, 9.17) is 11.6 Å². The van der Waals surface area contributed by atoms with E-state index in [1.54, 1.807) is 24.3 Å². The molecule has 8 heteroatoms. The van der Waals surface area contributed by atoms with Gasteiger partial charge in [-0.15, -0.1) is 0 Å². The highest BCUT2D eigenvalue weighted by Gasteiger charge is 2.20. The van der Waals surface area contributed by atoms with Crippen molar-refractivity contribution in [1.82, 2.24) is 10.6 Å². The second-order valence-corrected chi connectivity index (χ2v) is 8.23. The molecule has 1 unspecified atom stereocenters. The topological polar surface area (TPSA) is 87.3 Å². The van der Waals surface area contributed by atoms with Gasteiger partial charge in [-0.2, -0.15) is 0 Å². The third-order valence-electron chi connectivity index (χ3n) is 4.20. The molecule has 1 heterocycles. The Kier molecular flexibility index (Phi) is 5.80. The normalized spacial score (nSPS) is 17.0. The molecular formula is C18H20ClN3O3S. The van der Waals surface area contributed by atoms with E-state index in [1.807, 2.05) is 0 Å². The molecule has 0 aromatic heterocycles. The number of nitrogens with one attached hydrogen (secondary N) is 3. The summed E-state index contributed by atoms with van der Waals surface area (Å²) in [6.45, 7) is 1.44. The smallest absolute Gasteiger partial charge is 0.261 e. The first-order valence-electron chi connectivity index (χ1n) is 8.35. The van der Waals surface area contributed by atoms with Crippen LogP contribution in [0.25, 0.3) is 0 Å². The summed E-state index contributed by atoms with van der Waals surface area (Å²) in [7, 11) is -3.82. The maximum atomic E-state index is 12.6. The number of anilines is 1. The lowest BCUT2D eigenvalue weighted by Gasteiger charge is -2.15. The van der Waals surface area contributed by atoms with Gasteiger partial charge >= 0.3 is 0 Å². The van der Waals surface area contributed by atoms with Gasteiger partial charge in [0.15, 0.2) is 0 Å². The summed E-state index contributed by atoms with van der Waals surface area (Å²) in [5.74, 6) is -0.346. The zero-order valence-electron chi connectivity index (χ0n) is 14.0. The molecule has 2 aromatic carbocycles. The fourth-order valence-electron chi connectivity index (χ4n) is 2.84. The fraction of sp³-hybridized carbons (Fsp3) is 0.278. The Labute approximate surface area is 158 Å². The fourth-order valence-corrected chi connectivity index (χ4v) is 4.11. The third-order valence-corrected chi connectivity index (χ3v) is 5.81. The number of halogens is 1. The van der Waals surface area contributed by atoms with Crippen LogP contribution in [0.5, 0.6) is 0 Å². The van der Waals surface area contributed by atoms with Gasteiger partial charge in [0.1, 0.15) is 0 Å². The highest BCUT2D eigenvalue weighted by atomic mass is 35.5. The number of hydrogen-bond acceptors (Lipinski definition) is 4. The molecule has 3 N–H and O–H groups in total. The molecule has 0 aliphatic carbocycles. The molecule has 0 saturated carbocycles. The molecule has 1 fully saturated rings. The Morgan fingerprint density at radius 1 is 1.19 bits per heavy atom. The van der Waals surface area contributed by atoms with Crippen molar-refractivity contribution < 1.29 is 13.2 Å². The average Bonchev–Trinajstić information content (AvgIpc) is 3.14. The molecular weight excluding hydrogens is 374 g/mol. The van der Waals surface area contributed by atoms with E-state index in [9.17, 15) is 13.2 Å². The van der Waals surface area contributed by atoms with Crippen LogP contribution in [-0.4, -0.2) is 33.5 Å². The summed E-state index contributed by atoms with van der Waals surface area (Å²) in [5.41, 5.74) is 0.380. The highest BCUT2D eigenvalue weighted by molar-refractivity contribution is 7.92. The molecule has 1 amide bonds. The van der Waals surface area contributed by atoms with Gasteiger partial charge in [-0.05, 0) is 49.7 Å². The maximum Gasteiger partial charge on any atom is 0.261 e. The maximum absolute atomic E-state index is 12.6. The quantitative estimate of drug-likeness (QED) is 0.704. The van der Waals surface area contributed by atoms with Crippen LogP contribution in [-0.2, 0) is 10.0 Å². The lowest BCUT2D eigenvalue weighted by molar-refractivity contribution is 0.0951. The summed E-state index contributed by atoms with van der Waals surface area (Å²) in [6.07, 6.45) is 2.10. The zero-order valence-corrected chi connectivity index (χ0v) is 15.6. The van der Waals surface area contributed by atoms with Crippen LogP contribution in [0.2, 0.25) is 5.02 Å².